The van der Waals surface area contributed by atoms with E-state index in [2.05, 4.69) is 5.32 Å². The molecule has 144 valence electrons. The Balaban J connectivity index is 1.48. The summed E-state index contributed by atoms with van der Waals surface area (Å²) in [5.74, 6) is 0.476. The highest BCUT2D eigenvalue weighted by atomic mass is 32.1. The van der Waals surface area contributed by atoms with Gasteiger partial charge in [0.2, 0.25) is 0 Å². The smallest absolute Gasteiger partial charge is 0.322 e. The van der Waals surface area contributed by atoms with Crippen LogP contribution in [-0.4, -0.2) is 29.6 Å². The zero-order valence-corrected chi connectivity index (χ0v) is 16.2. The number of amides is 2. The first kappa shape index (κ1) is 18.4. The number of thiazole rings is 1. The Kier molecular flexibility index (Phi) is 5.25. The summed E-state index contributed by atoms with van der Waals surface area (Å²) in [6.45, 7) is 0.693. The Bertz CT molecular complexity index is 957. The molecule has 1 saturated heterocycles. The Hall–Kier alpha value is -2.93. The number of nitrogens with zero attached hydrogens (tertiary/aromatic N) is 2. The molecule has 0 radical (unpaired) electrons. The van der Waals surface area contributed by atoms with Crippen molar-refractivity contribution >= 4 is 23.1 Å². The molecule has 1 atom stereocenters. The number of nitrogens with one attached hydrogen (secondary N) is 1. The Morgan fingerprint density at radius 1 is 1.21 bits per heavy atom. The summed E-state index contributed by atoms with van der Waals surface area (Å²) in [6.07, 6.45) is 1.82. The van der Waals surface area contributed by atoms with Crippen molar-refractivity contribution in [3.8, 4) is 17.0 Å². The SMILES string of the molecule is COc1ccc(NC(=O)N2CCC[C@H]2c2nc(-c3ccc(F)cc3)cs2)cc1. The van der Waals surface area contributed by atoms with E-state index >= 15 is 0 Å². The number of methoxy groups -OCH3 is 1. The number of carbonyl (C=O) groups excluding carboxylic acids is 1. The highest BCUT2D eigenvalue weighted by Crippen LogP contribution is 2.36. The monoisotopic (exact) mass is 397 g/mol. The van der Waals surface area contributed by atoms with E-state index in [1.54, 1.807) is 19.2 Å². The van der Waals surface area contributed by atoms with Gasteiger partial charge in [-0.15, -0.1) is 11.3 Å². The predicted octanol–water partition coefficient (Wildman–Crippen LogP) is 5.33. The topological polar surface area (TPSA) is 54.5 Å². The highest BCUT2D eigenvalue weighted by molar-refractivity contribution is 7.10. The standard InChI is InChI=1S/C21H20FN3O2S/c1-27-17-10-8-16(9-11-17)23-21(26)25-12-2-3-19(25)20-24-18(13-28-20)14-4-6-15(22)7-5-14/h4-11,13,19H,2-3,12H2,1H3,(H,23,26)/t19-/m0/s1. The van der Waals surface area contributed by atoms with Gasteiger partial charge < -0.3 is 15.0 Å². The van der Waals surface area contributed by atoms with Crippen molar-refractivity contribution in [2.75, 3.05) is 19.0 Å². The van der Waals surface area contributed by atoms with Crippen molar-refractivity contribution in [1.82, 2.24) is 9.88 Å². The first-order valence-electron chi connectivity index (χ1n) is 9.07. The van der Waals surface area contributed by atoms with Gasteiger partial charge in [-0.05, 0) is 61.4 Å². The van der Waals surface area contributed by atoms with Crippen LogP contribution in [0.15, 0.2) is 53.9 Å². The molecule has 0 spiro atoms. The molecule has 28 heavy (non-hydrogen) atoms. The van der Waals surface area contributed by atoms with E-state index in [9.17, 15) is 9.18 Å². The molecule has 5 nitrogen and oxygen atoms in total. The number of hydrogen-bond donors (Lipinski definition) is 1. The number of urea groups is 1. The number of hydrogen-bond acceptors (Lipinski definition) is 4. The van der Waals surface area contributed by atoms with E-state index in [-0.39, 0.29) is 17.9 Å². The largest absolute Gasteiger partial charge is 0.497 e. The van der Waals surface area contributed by atoms with Gasteiger partial charge in [0.1, 0.15) is 16.6 Å². The molecule has 1 aliphatic heterocycles. The van der Waals surface area contributed by atoms with Gasteiger partial charge in [-0.25, -0.2) is 14.2 Å². The van der Waals surface area contributed by atoms with E-state index in [1.165, 1.54) is 23.5 Å². The molecule has 2 aromatic carbocycles. The van der Waals surface area contributed by atoms with Gasteiger partial charge in [-0.2, -0.15) is 0 Å². The third-order valence-corrected chi connectivity index (χ3v) is 5.75. The summed E-state index contributed by atoms with van der Waals surface area (Å²) in [5.41, 5.74) is 2.40. The quantitative estimate of drug-likeness (QED) is 0.648. The molecule has 7 heteroatoms. The Morgan fingerprint density at radius 3 is 2.68 bits per heavy atom. The van der Waals surface area contributed by atoms with Crippen LogP contribution in [0.4, 0.5) is 14.9 Å². The number of likely N-dealkylation sites (tertiary alicyclic amines) is 1. The lowest BCUT2D eigenvalue weighted by atomic mass is 10.2. The number of rotatable bonds is 4. The number of benzene rings is 2. The molecule has 1 N–H and O–H groups in total. The van der Waals surface area contributed by atoms with E-state index < -0.39 is 0 Å². The summed E-state index contributed by atoms with van der Waals surface area (Å²) >= 11 is 1.54. The first-order chi connectivity index (χ1) is 13.6. The molecule has 2 heterocycles. The summed E-state index contributed by atoms with van der Waals surface area (Å²) in [7, 11) is 1.61. The summed E-state index contributed by atoms with van der Waals surface area (Å²) < 4.78 is 18.3. The molecule has 2 amide bonds. The maximum absolute atomic E-state index is 13.1. The average molecular weight is 397 g/mol. The second kappa shape index (κ2) is 7.98. The fraction of sp³-hybridized carbons (Fsp3) is 0.238. The van der Waals surface area contributed by atoms with Crippen molar-refractivity contribution in [3.63, 3.8) is 0 Å². The molecule has 0 aliphatic carbocycles. The third kappa shape index (κ3) is 3.84. The average Bonchev–Trinajstić information content (AvgIpc) is 3.38. The van der Waals surface area contributed by atoms with Crippen molar-refractivity contribution in [1.29, 1.82) is 0 Å². The lowest BCUT2D eigenvalue weighted by molar-refractivity contribution is 0.207. The summed E-state index contributed by atoms with van der Waals surface area (Å²) in [5, 5.41) is 5.81. The lowest BCUT2D eigenvalue weighted by Gasteiger charge is -2.23. The van der Waals surface area contributed by atoms with Crippen LogP contribution in [0.1, 0.15) is 23.9 Å². The first-order valence-corrected chi connectivity index (χ1v) is 9.95. The Morgan fingerprint density at radius 2 is 1.96 bits per heavy atom. The van der Waals surface area contributed by atoms with Crippen LogP contribution >= 0.6 is 11.3 Å². The van der Waals surface area contributed by atoms with Gasteiger partial charge in [0, 0.05) is 23.2 Å². The predicted molar refractivity (Wildman–Crippen MR) is 108 cm³/mol. The third-order valence-electron chi connectivity index (χ3n) is 4.80. The minimum Gasteiger partial charge on any atom is -0.497 e. The van der Waals surface area contributed by atoms with Crippen molar-refractivity contribution in [3.05, 3.63) is 64.7 Å². The fourth-order valence-electron chi connectivity index (χ4n) is 3.33. The normalized spacial score (nSPS) is 16.2. The molecular weight excluding hydrogens is 377 g/mol. The molecule has 0 unspecified atom stereocenters. The molecule has 0 saturated carbocycles. The van der Waals surface area contributed by atoms with Crippen LogP contribution in [0.25, 0.3) is 11.3 Å². The van der Waals surface area contributed by atoms with Crippen molar-refractivity contribution in [2.24, 2.45) is 0 Å². The summed E-state index contributed by atoms with van der Waals surface area (Å²) in [4.78, 5) is 19.3. The molecular formula is C21H20FN3O2S. The maximum atomic E-state index is 13.1. The van der Waals surface area contributed by atoms with Crippen molar-refractivity contribution < 1.29 is 13.9 Å². The zero-order chi connectivity index (χ0) is 19.5. The number of carbonyl (C=O) groups is 1. The zero-order valence-electron chi connectivity index (χ0n) is 15.4. The molecule has 3 aromatic rings. The molecule has 0 bridgehead atoms. The lowest BCUT2D eigenvalue weighted by Crippen LogP contribution is -2.34. The van der Waals surface area contributed by atoms with Crippen LogP contribution in [0.3, 0.4) is 0 Å². The van der Waals surface area contributed by atoms with Gasteiger partial charge in [0.25, 0.3) is 0 Å². The van der Waals surface area contributed by atoms with E-state index in [4.69, 9.17) is 9.72 Å². The van der Waals surface area contributed by atoms with Gasteiger partial charge in [0.15, 0.2) is 0 Å². The van der Waals surface area contributed by atoms with Crippen LogP contribution in [0.2, 0.25) is 0 Å². The fourth-order valence-corrected chi connectivity index (χ4v) is 4.30. The highest BCUT2D eigenvalue weighted by Gasteiger charge is 2.32. The minimum atomic E-state index is -0.267. The van der Waals surface area contributed by atoms with E-state index in [0.29, 0.717) is 6.54 Å². The molecule has 1 aromatic heterocycles. The van der Waals surface area contributed by atoms with Crippen LogP contribution in [0, 0.1) is 5.82 Å². The van der Waals surface area contributed by atoms with Crippen LogP contribution < -0.4 is 10.1 Å². The number of halogens is 1. The van der Waals surface area contributed by atoms with Gasteiger partial charge in [-0.1, -0.05) is 0 Å². The second-order valence-corrected chi connectivity index (χ2v) is 7.48. The van der Waals surface area contributed by atoms with Gasteiger partial charge >= 0.3 is 6.03 Å². The van der Waals surface area contributed by atoms with Crippen LogP contribution in [-0.2, 0) is 0 Å². The van der Waals surface area contributed by atoms with Crippen LogP contribution in [0.5, 0.6) is 5.75 Å². The van der Waals surface area contributed by atoms with E-state index in [0.717, 1.165) is 40.5 Å². The van der Waals surface area contributed by atoms with Crippen molar-refractivity contribution in [2.45, 2.75) is 18.9 Å². The molecule has 4 rings (SSSR count). The van der Waals surface area contributed by atoms with Gasteiger partial charge in [0.05, 0.1) is 18.8 Å². The summed E-state index contributed by atoms with van der Waals surface area (Å²) in [6, 6.07) is 13.4. The number of ether oxygens (including phenoxy) is 1. The number of aromatic nitrogens is 1. The maximum Gasteiger partial charge on any atom is 0.322 e. The van der Waals surface area contributed by atoms with Gasteiger partial charge in [-0.3, -0.25) is 0 Å². The molecule has 1 fully saturated rings. The molecule has 1 aliphatic rings. The second-order valence-electron chi connectivity index (χ2n) is 6.59. The van der Waals surface area contributed by atoms with E-state index in [1.807, 2.05) is 34.5 Å². The number of anilines is 1. The minimum absolute atomic E-state index is 0.0440. The Labute approximate surface area is 166 Å².